The van der Waals surface area contributed by atoms with Crippen LogP contribution >= 0.6 is 0 Å². The minimum Gasteiger partial charge on any atom is -0.358 e. The highest BCUT2D eigenvalue weighted by Crippen LogP contribution is 2.17. The Labute approximate surface area is 155 Å². The second kappa shape index (κ2) is 7.36. The van der Waals surface area contributed by atoms with E-state index in [0.29, 0.717) is 12.2 Å². The van der Waals surface area contributed by atoms with Gasteiger partial charge in [0, 0.05) is 0 Å². The van der Waals surface area contributed by atoms with Crippen molar-refractivity contribution in [3.63, 3.8) is 0 Å². The van der Waals surface area contributed by atoms with Crippen molar-refractivity contribution in [1.82, 2.24) is 24.5 Å². The van der Waals surface area contributed by atoms with Crippen molar-refractivity contribution in [2.24, 2.45) is 0 Å². The molecule has 0 bridgehead atoms. The molecule has 3 aromatic rings. The van der Waals surface area contributed by atoms with Gasteiger partial charge in [0.05, 0.1) is 23.4 Å². The van der Waals surface area contributed by atoms with E-state index in [1.54, 1.807) is 18.5 Å². The molecule has 0 aliphatic carbocycles. The first-order valence-corrected chi connectivity index (χ1v) is 8.30. The lowest BCUT2D eigenvalue weighted by Crippen LogP contribution is -2.25. The molecule has 0 aliphatic heterocycles. The summed E-state index contributed by atoms with van der Waals surface area (Å²) >= 11 is 0. The third kappa shape index (κ3) is 4.17. The van der Waals surface area contributed by atoms with Gasteiger partial charge < -0.3 is 10.1 Å². The molecule has 1 amide bonds. The van der Waals surface area contributed by atoms with E-state index in [1.165, 1.54) is 17.1 Å². The maximum atomic E-state index is 12.4. The summed E-state index contributed by atoms with van der Waals surface area (Å²) in [5.41, 5.74) is 2.74. The number of nitrogens with zero attached hydrogens (tertiary/aromatic N) is 6. The van der Waals surface area contributed by atoms with Crippen LogP contribution in [-0.2, 0) is 11.3 Å². The van der Waals surface area contributed by atoms with Crippen molar-refractivity contribution in [3.8, 4) is 0 Å². The molecule has 1 aromatic carbocycles. The molecule has 0 radical (unpaired) electrons. The average molecular weight is 369 g/mol. The largest absolute Gasteiger partial charge is 0.390 e. The molecule has 140 valence electrons. The van der Waals surface area contributed by atoms with Crippen LogP contribution in [-0.4, -0.2) is 35.4 Å². The Morgan fingerprint density at radius 3 is 2.74 bits per heavy atom. The molecule has 3 rings (SSSR count). The van der Waals surface area contributed by atoms with Gasteiger partial charge >= 0.3 is 5.82 Å². The van der Waals surface area contributed by atoms with E-state index in [4.69, 9.17) is 0 Å². The smallest absolute Gasteiger partial charge is 0.358 e. The number of carbonyl (C=O) groups excluding carboxylic acids is 1. The second-order valence-corrected chi connectivity index (χ2v) is 6.27. The van der Waals surface area contributed by atoms with Crippen LogP contribution in [0, 0.1) is 24.0 Å². The Morgan fingerprint density at radius 2 is 2.07 bits per heavy atom. The number of hydrogen-bond acceptors (Lipinski definition) is 6. The lowest BCUT2D eigenvalue weighted by Gasteiger charge is -2.09. The Balaban J connectivity index is 1.67. The fourth-order valence-electron chi connectivity index (χ4n) is 2.70. The van der Waals surface area contributed by atoms with Crippen molar-refractivity contribution in [3.05, 3.63) is 63.6 Å². The maximum Gasteiger partial charge on any atom is 0.390 e. The summed E-state index contributed by atoms with van der Waals surface area (Å²) in [4.78, 5) is 26.7. The third-order valence-electron chi connectivity index (χ3n) is 4.04. The Kier molecular flexibility index (Phi) is 4.97. The van der Waals surface area contributed by atoms with E-state index >= 15 is 0 Å². The SMILES string of the molecule is Cc1cccc(Cn2cnc(NC(=O)C(C)n3nc([N+](=O)[O-])cc3C)n2)c1. The highest BCUT2D eigenvalue weighted by molar-refractivity contribution is 5.91. The van der Waals surface area contributed by atoms with Crippen LogP contribution < -0.4 is 5.32 Å². The molecule has 2 aromatic heterocycles. The molecule has 0 saturated carbocycles. The molecule has 27 heavy (non-hydrogen) atoms. The molecule has 10 nitrogen and oxygen atoms in total. The molecule has 2 heterocycles. The number of amides is 1. The van der Waals surface area contributed by atoms with E-state index in [0.717, 1.165) is 11.1 Å². The predicted molar refractivity (Wildman–Crippen MR) is 97.3 cm³/mol. The first-order chi connectivity index (χ1) is 12.8. The number of nitrogens with one attached hydrogen (secondary N) is 1. The van der Waals surface area contributed by atoms with Crippen LogP contribution in [0.25, 0.3) is 0 Å². The number of hydrogen-bond donors (Lipinski definition) is 1. The highest BCUT2D eigenvalue weighted by Gasteiger charge is 2.25. The summed E-state index contributed by atoms with van der Waals surface area (Å²) in [5.74, 6) is -0.545. The molecule has 0 aliphatic rings. The summed E-state index contributed by atoms with van der Waals surface area (Å²) in [6.45, 7) is 5.80. The van der Waals surface area contributed by atoms with Crippen molar-refractivity contribution >= 4 is 17.7 Å². The van der Waals surface area contributed by atoms with E-state index in [-0.39, 0.29) is 11.8 Å². The highest BCUT2D eigenvalue weighted by atomic mass is 16.6. The lowest BCUT2D eigenvalue weighted by atomic mass is 10.1. The molecule has 1 N–H and O–H groups in total. The fraction of sp³-hybridized carbons (Fsp3) is 0.294. The molecule has 1 unspecified atom stereocenters. The second-order valence-electron chi connectivity index (χ2n) is 6.27. The van der Waals surface area contributed by atoms with Gasteiger partial charge in [0.1, 0.15) is 12.4 Å². The quantitative estimate of drug-likeness (QED) is 0.525. The number of rotatable bonds is 6. The van der Waals surface area contributed by atoms with E-state index in [1.807, 2.05) is 25.1 Å². The minimum atomic E-state index is -0.748. The Morgan fingerprint density at radius 1 is 1.30 bits per heavy atom. The predicted octanol–water partition coefficient (Wildman–Crippen LogP) is 2.25. The van der Waals surface area contributed by atoms with Gasteiger partial charge in [-0.1, -0.05) is 29.8 Å². The van der Waals surface area contributed by atoms with Crippen LogP contribution in [0.15, 0.2) is 36.7 Å². The first kappa shape index (κ1) is 18.2. The maximum absolute atomic E-state index is 12.4. The average Bonchev–Trinajstić information content (AvgIpc) is 3.20. The zero-order valence-corrected chi connectivity index (χ0v) is 15.2. The van der Waals surface area contributed by atoms with Crippen molar-refractivity contribution in [1.29, 1.82) is 0 Å². The minimum absolute atomic E-state index is 0.166. The van der Waals surface area contributed by atoms with Crippen molar-refractivity contribution in [2.45, 2.75) is 33.4 Å². The van der Waals surface area contributed by atoms with Crippen LogP contribution in [0.4, 0.5) is 11.8 Å². The monoisotopic (exact) mass is 369 g/mol. The number of nitro groups is 1. The standard InChI is InChI=1S/C17H19N7O3/c1-11-5-4-6-14(7-11)9-22-10-18-17(21-22)19-16(25)13(3)23-12(2)8-15(20-23)24(26)27/h4-8,10,13H,9H2,1-3H3,(H,19,21,25). The van der Waals surface area contributed by atoms with Gasteiger partial charge in [-0.05, 0) is 31.3 Å². The summed E-state index contributed by atoms with van der Waals surface area (Å²) in [5, 5.41) is 21.5. The van der Waals surface area contributed by atoms with Crippen LogP contribution in [0.5, 0.6) is 0 Å². The number of aromatic nitrogens is 5. The van der Waals surface area contributed by atoms with Gasteiger partial charge in [-0.2, -0.15) is 4.68 Å². The molecule has 1 atom stereocenters. The molecule has 0 fully saturated rings. The van der Waals surface area contributed by atoms with Gasteiger partial charge in [0.25, 0.3) is 5.91 Å². The van der Waals surface area contributed by atoms with Gasteiger partial charge in [-0.25, -0.2) is 9.67 Å². The Hall–Kier alpha value is -3.56. The van der Waals surface area contributed by atoms with Crippen molar-refractivity contribution in [2.75, 3.05) is 5.32 Å². The van der Waals surface area contributed by atoms with Gasteiger partial charge in [0.2, 0.25) is 5.95 Å². The zero-order valence-electron chi connectivity index (χ0n) is 15.2. The normalized spacial score (nSPS) is 12.0. The van der Waals surface area contributed by atoms with Gasteiger partial charge in [0.15, 0.2) is 0 Å². The van der Waals surface area contributed by atoms with E-state index in [2.05, 4.69) is 26.6 Å². The van der Waals surface area contributed by atoms with Gasteiger partial charge in [-0.3, -0.25) is 10.1 Å². The van der Waals surface area contributed by atoms with Crippen LogP contribution in [0.2, 0.25) is 0 Å². The third-order valence-corrected chi connectivity index (χ3v) is 4.04. The number of benzene rings is 1. The lowest BCUT2D eigenvalue weighted by molar-refractivity contribution is -0.389. The Bertz CT molecular complexity index is 992. The van der Waals surface area contributed by atoms with Crippen LogP contribution in [0.3, 0.4) is 0 Å². The zero-order chi connectivity index (χ0) is 19.6. The van der Waals surface area contributed by atoms with Gasteiger partial charge in [-0.15, -0.1) is 5.10 Å². The molecule has 10 heteroatoms. The molecule has 0 spiro atoms. The molecular formula is C17H19N7O3. The first-order valence-electron chi connectivity index (χ1n) is 8.30. The fourth-order valence-corrected chi connectivity index (χ4v) is 2.70. The summed E-state index contributed by atoms with van der Waals surface area (Å²) in [6.07, 6.45) is 1.53. The topological polar surface area (TPSA) is 121 Å². The van der Waals surface area contributed by atoms with E-state index in [9.17, 15) is 14.9 Å². The van der Waals surface area contributed by atoms with Crippen molar-refractivity contribution < 1.29 is 9.72 Å². The molecule has 0 saturated heterocycles. The number of carbonyl (C=O) groups is 1. The summed E-state index contributed by atoms with van der Waals surface area (Å²) in [7, 11) is 0. The summed E-state index contributed by atoms with van der Waals surface area (Å²) < 4.78 is 2.93. The summed E-state index contributed by atoms with van der Waals surface area (Å²) in [6, 6.07) is 8.59. The van der Waals surface area contributed by atoms with E-state index < -0.39 is 16.9 Å². The number of aryl methyl sites for hydroxylation is 2. The molecular weight excluding hydrogens is 350 g/mol. The van der Waals surface area contributed by atoms with Crippen LogP contribution in [0.1, 0.15) is 29.8 Å². The number of anilines is 1.